The van der Waals surface area contributed by atoms with Gasteiger partial charge in [-0.1, -0.05) is 0 Å². The number of nitrogens with two attached hydrogens (primary N) is 1. The van der Waals surface area contributed by atoms with Gasteiger partial charge in [0, 0.05) is 18.6 Å². The first-order valence-corrected chi connectivity index (χ1v) is 3.98. The van der Waals surface area contributed by atoms with Crippen LogP contribution in [0, 0.1) is 5.92 Å². The Morgan fingerprint density at radius 3 is 2.17 bits per heavy atom. The van der Waals surface area contributed by atoms with E-state index < -0.39 is 30.3 Å². The normalized spacial score (nSPS) is 49.2. The lowest BCUT2D eigenvalue weighted by Gasteiger charge is -2.38. The van der Waals surface area contributed by atoms with E-state index in [-0.39, 0.29) is 6.61 Å². The van der Waals surface area contributed by atoms with Crippen LogP contribution in [0.15, 0.2) is 0 Å². The van der Waals surface area contributed by atoms with Crippen molar-refractivity contribution in [2.24, 2.45) is 11.7 Å². The smallest absolute Gasteiger partial charge is 0.108 e. The highest BCUT2D eigenvalue weighted by Crippen LogP contribution is 2.24. The fraction of sp³-hybridized carbons (Fsp3) is 1.00. The molecule has 0 heterocycles. The largest absolute Gasteiger partial charge is 0.396 e. The Morgan fingerprint density at radius 1 is 1.08 bits per heavy atom. The summed E-state index contributed by atoms with van der Waals surface area (Å²) in [7, 11) is 0. The third-order valence-corrected chi connectivity index (χ3v) is 2.43. The Kier molecular flexibility index (Phi) is 3.03. The molecule has 1 aliphatic rings. The van der Waals surface area contributed by atoms with Crippen LogP contribution >= 0.6 is 0 Å². The van der Waals surface area contributed by atoms with Crippen molar-refractivity contribution in [2.45, 2.75) is 30.8 Å². The van der Waals surface area contributed by atoms with E-state index in [0.717, 1.165) is 0 Å². The van der Waals surface area contributed by atoms with Gasteiger partial charge in [-0.25, -0.2) is 0 Å². The molecule has 1 aliphatic carbocycles. The van der Waals surface area contributed by atoms with Crippen molar-refractivity contribution >= 4 is 0 Å². The molecule has 0 saturated heterocycles. The summed E-state index contributed by atoms with van der Waals surface area (Å²) in [4.78, 5) is 0. The number of rotatable bonds is 1. The molecule has 0 aromatic rings. The van der Waals surface area contributed by atoms with Crippen molar-refractivity contribution in [3.63, 3.8) is 0 Å². The summed E-state index contributed by atoms with van der Waals surface area (Å²) in [6.45, 7) is -0.224. The highest BCUT2D eigenvalue weighted by molar-refractivity contribution is 4.94. The average molecular weight is 177 g/mol. The molecule has 0 aromatic carbocycles. The minimum absolute atomic E-state index is 0.224. The van der Waals surface area contributed by atoms with Crippen LogP contribution in [0.2, 0.25) is 0 Å². The van der Waals surface area contributed by atoms with Crippen molar-refractivity contribution in [3.8, 4) is 0 Å². The van der Waals surface area contributed by atoms with Gasteiger partial charge in [0.1, 0.15) is 6.10 Å². The van der Waals surface area contributed by atoms with Crippen molar-refractivity contribution in [1.82, 2.24) is 0 Å². The topological polar surface area (TPSA) is 107 Å². The van der Waals surface area contributed by atoms with E-state index in [2.05, 4.69) is 0 Å². The van der Waals surface area contributed by atoms with Crippen LogP contribution in [-0.2, 0) is 0 Å². The van der Waals surface area contributed by atoms with Gasteiger partial charge >= 0.3 is 0 Å². The Hall–Kier alpha value is -0.200. The minimum Gasteiger partial charge on any atom is -0.396 e. The minimum atomic E-state index is -1.24. The third-order valence-electron chi connectivity index (χ3n) is 2.43. The lowest BCUT2D eigenvalue weighted by atomic mass is 9.80. The van der Waals surface area contributed by atoms with Crippen LogP contribution in [0.4, 0.5) is 0 Å². The number of hydrogen-bond donors (Lipinski definition) is 5. The van der Waals surface area contributed by atoms with Gasteiger partial charge in [-0.05, 0) is 6.42 Å². The van der Waals surface area contributed by atoms with E-state index >= 15 is 0 Å². The molecule has 1 saturated carbocycles. The maximum absolute atomic E-state index is 9.30. The molecular weight excluding hydrogens is 162 g/mol. The summed E-state index contributed by atoms with van der Waals surface area (Å²) in [5, 5.41) is 36.5. The second kappa shape index (κ2) is 3.68. The summed E-state index contributed by atoms with van der Waals surface area (Å²) in [5.41, 5.74) is 5.46. The molecule has 1 rings (SSSR count). The van der Waals surface area contributed by atoms with E-state index in [4.69, 9.17) is 10.8 Å². The molecule has 5 nitrogen and oxygen atoms in total. The summed E-state index contributed by atoms with van der Waals surface area (Å²) in [6, 6.07) is -0.569. The van der Waals surface area contributed by atoms with Gasteiger partial charge in [0.15, 0.2) is 0 Å². The number of aliphatic hydroxyl groups is 4. The van der Waals surface area contributed by atoms with Crippen LogP contribution in [0.5, 0.6) is 0 Å². The van der Waals surface area contributed by atoms with E-state index in [1.807, 2.05) is 0 Å². The molecule has 12 heavy (non-hydrogen) atoms. The van der Waals surface area contributed by atoms with Crippen LogP contribution in [0.1, 0.15) is 6.42 Å². The first-order valence-electron chi connectivity index (χ1n) is 3.98. The molecule has 0 unspecified atom stereocenters. The quantitative estimate of drug-likeness (QED) is 0.302. The van der Waals surface area contributed by atoms with Crippen molar-refractivity contribution in [3.05, 3.63) is 0 Å². The molecular formula is C7H15NO4. The Morgan fingerprint density at radius 2 is 1.67 bits per heavy atom. The fourth-order valence-electron chi connectivity index (χ4n) is 1.55. The predicted octanol–water partition coefficient (Wildman–Crippen LogP) is -2.59. The van der Waals surface area contributed by atoms with Crippen molar-refractivity contribution in [1.29, 1.82) is 0 Å². The summed E-state index contributed by atoms with van der Waals surface area (Å²) in [6.07, 6.45) is -3.09. The Bertz CT molecular complexity index is 150. The van der Waals surface area contributed by atoms with Gasteiger partial charge in [-0.15, -0.1) is 0 Å². The molecule has 0 spiro atoms. The molecule has 0 radical (unpaired) electrons. The molecule has 6 N–H and O–H groups in total. The molecule has 0 bridgehead atoms. The van der Waals surface area contributed by atoms with Crippen molar-refractivity contribution < 1.29 is 20.4 Å². The van der Waals surface area contributed by atoms with Crippen molar-refractivity contribution in [2.75, 3.05) is 6.61 Å². The highest BCUT2D eigenvalue weighted by Gasteiger charge is 2.40. The van der Waals surface area contributed by atoms with Crippen LogP contribution in [-0.4, -0.2) is 51.4 Å². The van der Waals surface area contributed by atoms with E-state index in [9.17, 15) is 15.3 Å². The molecule has 0 aromatic heterocycles. The third kappa shape index (κ3) is 1.60. The van der Waals surface area contributed by atoms with Gasteiger partial charge in [0.2, 0.25) is 0 Å². The average Bonchev–Trinajstić information content (AvgIpc) is 2.08. The zero-order valence-electron chi connectivity index (χ0n) is 6.67. The standard InChI is InChI=1S/C7H15NO4/c8-4-1-3(2-9)5(10)7(12)6(4)11/h3-7,9-12H,1-2,8H2/t3-,4-,5+,6-,7-/m0/s1. The zero-order chi connectivity index (χ0) is 9.30. The van der Waals surface area contributed by atoms with Gasteiger partial charge < -0.3 is 26.2 Å². The summed E-state index contributed by atoms with van der Waals surface area (Å²) < 4.78 is 0. The van der Waals surface area contributed by atoms with E-state index in [0.29, 0.717) is 6.42 Å². The number of hydrogen-bond acceptors (Lipinski definition) is 5. The van der Waals surface area contributed by atoms with Gasteiger partial charge in [0.25, 0.3) is 0 Å². The van der Waals surface area contributed by atoms with E-state index in [1.165, 1.54) is 0 Å². The molecule has 0 aliphatic heterocycles. The molecule has 5 heteroatoms. The second-order valence-electron chi connectivity index (χ2n) is 3.31. The van der Waals surface area contributed by atoms with Gasteiger partial charge in [0.05, 0.1) is 12.2 Å². The first-order chi connectivity index (χ1) is 5.57. The lowest BCUT2D eigenvalue weighted by molar-refractivity contribution is -0.125. The molecule has 5 atom stereocenters. The zero-order valence-corrected chi connectivity index (χ0v) is 6.67. The van der Waals surface area contributed by atoms with Gasteiger partial charge in [-0.2, -0.15) is 0 Å². The molecule has 0 amide bonds. The first kappa shape index (κ1) is 9.88. The summed E-state index contributed by atoms with van der Waals surface area (Å²) >= 11 is 0. The van der Waals surface area contributed by atoms with E-state index in [1.54, 1.807) is 0 Å². The summed E-state index contributed by atoms with van der Waals surface area (Å²) in [5.74, 6) is -0.432. The monoisotopic (exact) mass is 177 g/mol. The predicted molar refractivity (Wildman–Crippen MR) is 41.2 cm³/mol. The molecule has 72 valence electrons. The van der Waals surface area contributed by atoms with Crippen LogP contribution in [0.25, 0.3) is 0 Å². The number of aliphatic hydroxyl groups excluding tert-OH is 4. The molecule has 1 fully saturated rings. The highest BCUT2D eigenvalue weighted by atomic mass is 16.4. The van der Waals surface area contributed by atoms with Gasteiger partial charge in [-0.3, -0.25) is 0 Å². The Balaban J connectivity index is 2.63. The lowest BCUT2D eigenvalue weighted by Crippen LogP contribution is -2.57. The van der Waals surface area contributed by atoms with Crippen LogP contribution in [0.3, 0.4) is 0 Å². The maximum atomic E-state index is 9.30. The SMILES string of the molecule is N[C@H]1C[C@@H](CO)[C@@H](O)[C@H](O)[C@H]1O. The second-order valence-corrected chi connectivity index (χ2v) is 3.31. The maximum Gasteiger partial charge on any atom is 0.108 e. The fourth-order valence-corrected chi connectivity index (χ4v) is 1.55. The Labute approximate surface area is 70.4 Å². The van der Waals surface area contributed by atoms with Crippen LogP contribution < -0.4 is 5.73 Å².